The quantitative estimate of drug-likeness (QED) is 0.439. The van der Waals surface area contributed by atoms with Gasteiger partial charge in [0.2, 0.25) is 0 Å². The largest absolute Gasteiger partial charge is 0.366 e. The van der Waals surface area contributed by atoms with Gasteiger partial charge in [-0.3, -0.25) is 0 Å². The fourth-order valence-electron chi connectivity index (χ4n) is 2.41. The van der Waals surface area contributed by atoms with Crippen molar-refractivity contribution in [3.8, 4) is 0 Å². The minimum absolute atomic E-state index is 0.136. The van der Waals surface area contributed by atoms with Crippen LogP contribution in [-0.4, -0.2) is 11.7 Å². The lowest BCUT2D eigenvalue weighted by Crippen LogP contribution is -2.09. The van der Waals surface area contributed by atoms with Gasteiger partial charge in [0.15, 0.2) is 0 Å². The number of fused-ring (bicyclic) bond motifs is 1. The monoisotopic (exact) mass is 220 g/mol. The Balaban J connectivity index is 2.11. The van der Waals surface area contributed by atoms with E-state index in [1.165, 1.54) is 18.4 Å². The molecule has 1 aliphatic heterocycles. The summed E-state index contributed by atoms with van der Waals surface area (Å²) in [7, 11) is 0. The topological polar surface area (TPSA) is 12.5 Å². The molecule has 1 heterocycles. The van der Waals surface area contributed by atoms with Crippen LogP contribution >= 0.6 is 0 Å². The zero-order chi connectivity index (χ0) is 11.8. The summed E-state index contributed by atoms with van der Waals surface area (Å²) in [5.41, 5.74) is 1.94. The van der Waals surface area contributed by atoms with Crippen molar-refractivity contribution in [3.63, 3.8) is 0 Å². The molecule has 2 atom stereocenters. The first-order valence-electron chi connectivity index (χ1n) is 6.42. The molecular weight excluding hydrogens is 196 g/mol. The molecular formula is C15H24O. The number of hydrogen-bond donors (Lipinski definition) is 0. The summed E-state index contributed by atoms with van der Waals surface area (Å²) in [6.45, 7) is 9.10. The molecule has 0 N–H and O–H groups in total. The molecule has 1 saturated heterocycles. The Kier molecular flexibility index (Phi) is 3.00. The van der Waals surface area contributed by atoms with Crippen LogP contribution in [0.25, 0.3) is 0 Å². The highest BCUT2D eigenvalue weighted by Crippen LogP contribution is 2.43. The smallest absolute Gasteiger partial charge is 0.0954 e. The van der Waals surface area contributed by atoms with Gasteiger partial charge in [-0.2, -0.15) is 0 Å². The fourth-order valence-corrected chi connectivity index (χ4v) is 2.41. The number of allylic oxidation sites excluding steroid dienone is 3. The second kappa shape index (κ2) is 4.03. The molecule has 0 spiro atoms. The van der Waals surface area contributed by atoms with Gasteiger partial charge >= 0.3 is 0 Å². The summed E-state index contributed by atoms with van der Waals surface area (Å²) in [5, 5.41) is 0. The molecule has 0 bridgehead atoms. The first kappa shape index (κ1) is 11.9. The molecule has 0 aromatic carbocycles. The molecule has 0 aromatic heterocycles. The van der Waals surface area contributed by atoms with Crippen molar-refractivity contribution < 1.29 is 4.74 Å². The SMILES string of the molecule is C/C1=C/CC(C)(C)/C=C\C[C@]2(C)O[C@H]2CC1. The Morgan fingerprint density at radius 2 is 2.00 bits per heavy atom. The Morgan fingerprint density at radius 3 is 2.75 bits per heavy atom. The summed E-state index contributed by atoms with van der Waals surface area (Å²) >= 11 is 0. The van der Waals surface area contributed by atoms with Crippen LogP contribution in [0.15, 0.2) is 23.8 Å². The molecule has 2 aliphatic rings. The lowest BCUT2D eigenvalue weighted by molar-refractivity contribution is 0.306. The van der Waals surface area contributed by atoms with Gasteiger partial charge in [-0.25, -0.2) is 0 Å². The molecule has 16 heavy (non-hydrogen) atoms. The van der Waals surface area contributed by atoms with Gasteiger partial charge in [0.1, 0.15) is 0 Å². The number of ether oxygens (including phenoxy) is 1. The van der Waals surface area contributed by atoms with E-state index >= 15 is 0 Å². The molecule has 0 unspecified atom stereocenters. The van der Waals surface area contributed by atoms with Crippen LogP contribution < -0.4 is 0 Å². The van der Waals surface area contributed by atoms with Crippen molar-refractivity contribution in [3.05, 3.63) is 23.8 Å². The average Bonchev–Trinajstić information content (AvgIpc) is 2.82. The molecule has 0 aromatic rings. The van der Waals surface area contributed by atoms with E-state index in [1.54, 1.807) is 0 Å². The molecule has 1 aliphatic carbocycles. The van der Waals surface area contributed by atoms with Crippen LogP contribution in [0.3, 0.4) is 0 Å². The highest BCUT2D eigenvalue weighted by atomic mass is 16.6. The minimum atomic E-state index is 0.136. The van der Waals surface area contributed by atoms with E-state index in [1.807, 2.05) is 0 Å². The summed E-state index contributed by atoms with van der Waals surface area (Å²) < 4.78 is 5.82. The molecule has 1 fully saturated rings. The van der Waals surface area contributed by atoms with E-state index in [-0.39, 0.29) is 11.0 Å². The highest BCUT2D eigenvalue weighted by molar-refractivity contribution is 5.11. The first-order valence-corrected chi connectivity index (χ1v) is 6.42. The second-order valence-electron chi connectivity index (χ2n) is 6.31. The average molecular weight is 220 g/mol. The van der Waals surface area contributed by atoms with E-state index in [9.17, 15) is 0 Å². The van der Waals surface area contributed by atoms with E-state index < -0.39 is 0 Å². The van der Waals surface area contributed by atoms with Gasteiger partial charge in [-0.15, -0.1) is 0 Å². The Bertz CT molecular complexity index is 324. The van der Waals surface area contributed by atoms with Crippen molar-refractivity contribution in [2.45, 2.75) is 65.1 Å². The summed E-state index contributed by atoms with van der Waals surface area (Å²) in [4.78, 5) is 0. The second-order valence-corrected chi connectivity index (χ2v) is 6.31. The predicted molar refractivity (Wildman–Crippen MR) is 68.4 cm³/mol. The lowest BCUT2D eigenvalue weighted by atomic mass is 9.87. The molecule has 1 heteroatoms. The van der Waals surface area contributed by atoms with Crippen molar-refractivity contribution in [2.75, 3.05) is 0 Å². The molecule has 2 rings (SSSR count). The fraction of sp³-hybridized carbons (Fsp3) is 0.733. The molecule has 0 amide bonds. The van der Waals surface area contributed by atoms with Crippen LogP contribution in [-0.2, 0) is 4.74 Å². The highest BCUT2D eigenvalue weighted by Gasteiger charge is 2.50. The maximum atomic E-state index is 5.82. The maximum Gasteiger partial charge on any atom is 0.0954 e. The van der Waals surface area contributed by atoms with Crippen LogP contribution in [0.1, 0.15) is 53.4 Å². The third-order valence-corrected chi connectivity index (χ3v) is 3.91. The van der Waals surface area contributed by atoms with Gasteiger partial charge in [0, 0.05) is 0 Å². The van der Waals surface area contributed by atoms with Gasteiger partial charge in [0.25, 0.3) is 0 Å². The standard InChI is InChI=1S/C15H24O/c1-12-6-7-13-15(4,16-13)10-5-9-14(2,3)11-8-12/h5,8-9,13H,6-7,10-11H2,1-4H3/b9-5-,12-8-/t13-,15-/m0/s1. The van der Waals surface area contributed by atoms with Gasteiger partial charge < -0.3 is 4.74 Å². The van der Waals surface area contributed by atoms with E-state index in [0.717, 1.165) is 12.8 Å². The van der Waals surface area contributed by atoms with Crippen molar-refractivity contribution in [1.29, 1.82) is 0 Å². The van der Waals surface area contributed by atoms with Crippen LogP contribution in [0.4, 0.5) is 0 Å². The first-order chi connectivity index (χ1) is 7.41. The van der Waals surface area contributed by atoms with Crippen LogP contribution in [0.2, 0.25) is 0 Å². The molecule has 0 saturated carbocycles. The Labute approximate surface area is 99.6 Å². The molecule has 1 nitrogen and oxygen atoms in total. The van der Waals surface area contributed by atoms with E-state index in [2.05, 4.69) is 45.9 Å². The van der Waals surface area contributed by atoms with Crippen LogP contribution in [0.5, 0.6) is 0 Å². The van der Waals surface area contributed by atoms with Crippen molar-refractivity contribution >= 4 is 0 Å². The minimum Gasteiger partial charge on any atom is -0.366 e. The predicted octanol–water partition coefficient (Wildman–Crippen LogP) is 4.25. The molecule has 0 radical (unpaired) electrons. The number of epoxide rings is 1. The van der Waals surface area contributed by atoms with Gasteiger partial charge in [0.05, 0.1) is 11.7 Å². The van der Waals surface area contributed by atoms with Crippen molar-refractivity contribution in [2.24, 2.45) is 5.41 Å². The normalized spacial score (nSPS) is 43.5. The summed E-state index contributed by atoms with van der Waals surface area (Å²) in [5.74, 6) is 0. The Hall–Kier alpha value is -0.560. The lowest BCUT2D eigenvalue weighted by Gasteiger charge is -2.18. The maximum absolute atomic E-state index is 5.82. The number of rotatable bonds is 0. The van der Waals surface area contributed by atoms with Crippen LogP contribution in [0, 0.1) is 5.41 Å². The van der Waals surface area contributed by atoms with E-state index in [4.69, 9.17) is 4.74 Å². The molecule has 90 valence electrons. The van der Waals surface area contributed by atoms with E-state index in [0.29, 0.717) is 6.10 Å². The summed E-state index contributed by atoms with van der Waals surface area (Å²) in [6.07, 6.45) is 12.2. The van der Waals surface area contributed by atoms with Gasteiger partial charge in [-0.1, -0.05) is 37.6 Å². The van der Waals surface area contributed by atoms with Gasteiger partial charge in [-0.05, 0) is 44.9 Å². The van der Waals surface area contributed by atoms with Crippen molar-refractivity contribution in [1.82, 2.24) is 0 Å². The Morgan fingerprint density at radius 1 is 1.25 bits per heavy atom. The summed E-state index contributed by atoms with van der Waals surface area (Å²) in [6, 6.07) is 0. The zero-order valence-electron chi connectivity index (χ0n) is 11.0. The zero-order valence-corrected chi connectivity index (χ0v) is 11.0. The third-order valence-electron chi connectivity index (χ3n) is 3.91. The number of hydrogen-bond acceptors (Lipinski definition) is 1. The third kappa shape index (κ3) is 2.76.